The van der Waals surface area contributed by atoms with Crippen LogP contribution < -0.4 is 5.32 Å². The van der Waals surface area contributed by atoms with Gasteiger partial charge in [-0.1, -0.05) is 86.6 Å². The molecule has 0 bridgehead atoms. The van der Waals surface area contributed by atoms with Crippen LogP contribution in [0.15, 0.2) is 65.2 Å². The average Bonchev–Trinajstić information content (AvgIpc) is 3.13. The van der Waals surface area contributed by atoms with Gasteiger partial charge >= 0.3 is 0 Å². The Hall–Kier alpha value is -2.95. The molecule has 0 fully saturated rings. The maximum atomic E-state index is 12.9. The SMILES string of the molecule is CC(C)(C)c1nc(CCNC(=O)C(c2ccccc2)c2ccccc2)no1. The van der Waals surface area contributed by atoms with E-state index in [0.717, 1.165) is 11.1 Å². The van der Waals surface area contributed by atoms with Gasteiger partial charge in [0, 0.05) is 18.4 Å². The highest BCUT2D eigenvalue weighted by Gasteiger charge is 2.23. The minimum Gasteiger partial charge on any atom is -0.355 e. The predicted octanol–water partition coefficient (Wildman–Crippen LogP) is 3.86. The summed E-state index contributed by atoms with van der Waals surface area (Å²) in [6.45, 7) is 6.53. The van der Waals surface area contributed by atoms with Gasteiger partial charge in [0.15, 0.2) is 5.82 Å². The zero-order chi connectivity index (χ0) is 19.3. The molecule has 140 valence electrons. The molecule has 1 amide bonds. The smallest absolute Gasteiger partial charge is 0.232 e. The summed E-state index contributed by atoms with van der Waals surface area (Å²) < 4.78 is 5.30. The lowest BCUT2D eigenvalue weighted by Crippen LogP contribution is -2.31. The van der Waals surface area contributed by atoms with E-state index in [2.05, 4.69) is 15.5 Å². The second-order valence-electron chi connectivity index (χ2n) is 7.56. The van der Waals surface area contributed by atoms with Crippen molar-refractivity contribution in [3.63, 3.8) is 0 Å². The van der Waals surface area contributed by atoms with Gasteiger partial charge in [0.05, 0.1) is 5.92 Å². The minimum absolute atomic E-state index is 0.0352. The molecule has 5 heteroatoms. The molecule has 1 heterocycles. The van der Waals surface area contributed by atoms with Gasteiger partial charge in [0.2, 0.25) is 11.8 Å². The number of hydrogen-bond acceptors (Lipinski definition) is 4. The molecule has 1 aromatic heterocycles. The largest absolute Gasteiger partial charge is 0.355 e. The summed E-state index contributed by atoms with van der Waals surface area (Å²) in [6.07, 6.45) is 0.529. The molecule has 0 aliphatic rings. The van der Waals surface area contributed by atoms with Crippen molar-refractivity contribution < 1.29 is 9.32 Å². The molecule has 27 heavy (non-hydrogen) atoms. The van der Waals surface area contributed by atoms with Gasteiger partial charge in [-0.2, -0.15) is 4.98 Å². The molecule has 0 radical (unpaired) electrons. The molecule has 5 nitrogen and oxygen atoms in total. The normalized spacial score (nSPS) is 11.6. The molecule has 0 unspecified atom stereocenters. The van der Waals surface area contributed by atoms with Crippen LogP contribution in [-0.4, -0.2) is 22.6 Å². The number of benzene rings is 2. The van der Waals surface area contributed by atoms with E-state index < -0.39 is 0 Å². The predicted molar refractivity (Wildman–Crippen MR) is 104 cm³/mol. The molecule has 3 aromatic rings. The monoisotopic (exact) mass is 363 g/mol. The first-order valence-corrected chi connectivity index (χ1v) is 9.16. The zero-order valence-corrected chi connectivity index (χ0v) is 16.0. The fourth-order valence-corrected chi connectivity index (χ4v) is 2.85. The fourth-order valence-electron chi connectivity index (χ4n) is 2.85. The summed E-state index contributed by atoms with van der Waals surface area (Å²) in [5.74, 6) is 0.834. The Morgan fingerprint density at radius 3 is 2.04 bits per heavy atom. The Morgan fingerprint density at radius 2 is 1.56 bits per heavy atom. The molecule has 0 saturated carbocycles. The quantitative estimate of drug-likeness (QED) is 0.722. The lowest BCUT2D eigenvalue weighted by molar-refractivity contribution is -0.121. The Morgan fingerprint density at radius 1 is 1.00 bits per heavy atom. The molecule has 0 aliphatic heterocycles. The Kier molecular flexibility index (Phi) is 5.69. The number of hydrogen-bond donors (Lipinski definition) is 1. The number of amides is 1. The maximum absolute atomic E-state index is 12.9. The highest BCUT2D eigenvalue weighted by atomic mass is 16.5. The van der Waals surface area contributed by atoms with Gasteiger partial charge in [0.1, 0.15) is 0 Å². The third-order valence-corrected chi connectivity index (χ3v) is 4.29. The van der Waals surface area contributed by atoms with Crippen molar-refractivity contribution in [3.05, 3.63) is 83.5 Å². The molecule has 0 atom stereocenters. The van der Waals surface area contributed by atoms with Crippen molar-refractivity contribution >= 4 is 5.91 Å². The topological polar surface area (TPSA) is 68.0 Å². The summed E-state index contributed by atoms with van der Waals surface area (Å²) >= 11 is 0. The van der Waals surface area contributed by atoms with Crippen LogP contribution in [0.25, 0.3) is 0 Å². The first kappa shape index (κ1) is 18.8. The molecule has 2 aromatic carbocycles. The van der Waals surface area contributed by atoms with Gasteiger partial charge in [-0.05, 0) is 11.1 Å². The summed E-state index contributed by atoms with van der Waals surface area (Å²) in [5.41, 5.74) is 1.76. The average molecular weight is 363 g/mol. The van der Waals surface area contributed by atoms with Crippen molar-refractivity contribution in [1.29, 1.82) is 0 Å². The van der Waals surface area contributed by atoms with Gasteiger partial charge in [0.25, 0.3) is 0 Å². The van der Waals surface area contributed by atoms with Crippen LogP contribution in [-0.2, 0) is 16.6 Å². The van der Waals surface area contributed by atoms with Crippen LogP contribution in [0.5, 0.6) is 0 Å². The Labute approximate surface area is 159 Å². The number of carbonyl (C=O) groups is 1. The first-order chi connectivity index (χ1) is 12.9. The van der Waals surface area contributed by atoms with Gasteiger partial charge in [-0.25, -0.2) is 0 Å². The van der Waals surface area contributed by atoms with Gasteiger partial charge in [-0.3, -0.25) is 4.79 Å². The van der Waals surface area contributed by atoms with E-state index in [9.17, 15) is 4.79 Å². The molecular weight excluding hydrogens is 338 g/mol. The van der Waals surface area contributed by atoms with Crippen molar-refractivity contribution in [2.45, 2.75) is 38.5 Å². The number of nitrogens with zero attached hydrogens (tertiary/aromatic N) is 2. The van der Waals surface area contributed by atoms with Crippen LogP contribution in [0.2, 0.25) is 0 Å². The molecule has 3 rings (SSSR count). The molecule has 0 aliphatic carbocycles. The number of carbonyl (C=O) groups excluding carboxylic acids is 1. The van der Waals surface area contributed by atoms with Crippen molar-refractivity contribution in [1.82, 2.24) is 15.5 Å². The van der Waals surface area contributed by atoms with E-state index in [1.54, 1.807) is 0 Å². The van der Waals surface area contributed by atoms with E-state index in [1.807, 2.05) is 81.4 Å². The van der Waals surface area contributed by atoms with E-state index >= 15 is 0 Å². The summed E-state index contributed by atoms with van der Waals surface area (Å²) in [7, 11) is 0. The third-order valence-electron chi connectivity index (χ3n) is 4.29. The first-order valence-electron chi connectivity index (χ1n) is 9.16. The summed E-state index contributed by atoms with van der Waals surface area (Å²) in [5, 5.41) is 7.02. The Balaban J connectivity index is 1.68. The lowest BCUT2D eigenvalue weighted by atomic mass is 9.90. The van der Waals surface area contributed by atoms with Gasteiger partial charge in [-0.15, -0.1) is 0 Å². The second-order valence-corrected chi connectivity index (χ2v) is 7.56. The minimum atomic E-state index is -0.345. The standard InChI is InChI=1S/C22H25N3O2/c1-22(2,3)21-24-18(25-27-21)14-15-23-20(26)19(16-10-6-4-7-11-16)17-12-8-5-9-13-17/h4-13,19H,14-15H2,1-3H3,(H,23,26). The maximum Gasteiger partial charge on any atom is 0.232 e. The highest BCUT2D eigenvalue weighted by Crippen LogP contribution is 2.24. The zero-order valence-electron chi connectivity index (χ0n) is 16.0. The van der Waals surface area contributed by atoms with E-state index in [4.69, 9.17) is 4.52 Å². The van der Waals surface area contributed by atoms with Crippen molar-refractivity contribution in [2.24, 2.45) is 0 Å². The van der Waals surface area contributed by atoms with Crippen molar-refractivity contribution in [2.75, 3.05) is 6.54 Å². The number of aromatic nitrogens is 2. The Bertz CT molecular complexity index is 828. The highest BCUT2D eigenvalue weighted by molar-refractivity contribution is 5.87. The van der Waals surface area contributed by atoms with Crippen LogP contribution >= 0.6 is 0 Å². The summed E-state index contributed by atoms with van der Waals surface area (Å²) in [4.78, 5) is 17.3. The van der Waals surface area contributed by atoms with Crippen LogP contribution in [0.4, 0.5) is 0 Å². The van der Waals surface area contributed by atoms with Gasteiger partial charge < -0.3 is 9.84 Å². The van der Waals surface area contributed by atoms with Crippen molar-refractivity contribution in [3.8, 4) is 0 Å². The van der Waals surface area contributed by atoms with E-state index in [1.165, 1.54) is 0 Å². The van der Waals surface area contributed by atoms with Crippen LogP contribution in [0.1, 0.15) is 49.5 Å². The van der Waals surface area contributed by atoms with E-state index in [0.29, 0.717) is 24.7 Å². The molecule has 0 saturated heterocycles. The van der Waals surface area contributed by atoms with E-state index in [-0.39, 0.29) is 17.2 Å². The second kappa shape index (κ2) is 8.16. The molecule has 0 spiro atoms. The van der Waals surface area contributed by atoms with Crippen LogP contribution in [0.3, 0.4) is 0 Å². The lowest BCUT2D eigenvalue weighted by Gasteiger charge is -2.17. The fraction of sp³-hybridized carbons (Fsp3) is 0.318. The number of rotatable bonds is 6. The summed E-state index contributed by atoms with van der Waals surface area (Å²) in [6, 6.07) is 19.6. The molecular formula is C22H25N3O2. The van der Waals surface area contributed by atoms with Crippen LogP contribution in [0, 0.1) is 0 Å². The number of nitrogens with one attached hydrogen (secondary N) is 1. The molecule has 1 N–H and O–H groups in total. The third kappa shape index (κ3) is 4.82.